The van der Waals surface area contributed by atoms with Gasteiger partial charge in [0.15, 0.2) is 0 Å². The Kier molecular flexibility index (Phi) is 1.97. The van der Waals surface area contributed by atoms with Crippen LogP contribution in [0.2, 0.25) is 0 Å². The van der Waals surface area contributed by atoms with Crippen LogP contribution in [0.25, 0.3) is 6.08 Å². The first-order chi connectivity index (χ1) is 6.31. The molecule has 66 valence electrons. The van der Waals surface area contributed by atoms with Crippen LogP contribution in [0.5, 0.6) is 0 Å². The highest BCUT2D eigenvalue weighted by Gasteiger charge is 2.12. The number of rotatable bonds is 1. The topological polar surface area (TPSA) is 17.1 Å². The van der Waals surface area contributed by atoms with E-state index in [2.05, 4.69) is 0 Å². The molecule has 13 heavy (non-hydrogen) atoms. The van der Waals surface area contributed by atoms with Gasteiger partial charge in [-0.25, -0.2) is 4.39 Å². The molecule has 0 amide bonds. The molecule has 0 aliphatic heterocycles. The predicted molar refractivity (Wildman–Crippen MR) is 48.8 cm³/mol. The van der Waals surface area contributed by atoms with Crippen LogP contribution in [0.15, 0.2) is 23.8 Å². The molecule has 0 unspecified atom stereocenters. The molecule has 0 saturated heterocycles. The second-order valence-electron chi connectivity index (χ2n) is 3.15. The Labute approximate surface area is 75.9 Å². The maximum absolute atomic E-state index is 13.2. The van der Waals surface area contributed by atoms with Crippen LogP contribution in [0, 0.1) is 5.82 Å². The molecule has 0 N–H and O–H groups in total. The molecule has 1 aliphatic rings. The molecule has 1 aliphatic carbocycles. The molecule has 0 aromatic heterocycles. The highest BCUT2D eigenvalue weighted by Crippen LogP contribution is 2.24. The van der Waals surface area contributed by atoms with Crippen LogP contribution >= 0.6 is 0 Å². The number of carbonyl (C=O) groups is 1. The van der Waals surface area contributed by atoms with Crippen molar-refractivity contribution in [3.63, 3.8) is 0 Å². The first kappa shape index (κ1) is 8.17. The van der Waals surface area contributed by atoms with E-state index in [1.165, 1.54) is 6.07 Å². The quantitative estimate of drug-likeness (QED) is 0.600. The Morgan fingerprint density at radius 1 is 1.31 bits per heavy atom. The Morgan fingerprint density at radius 3 is 2.92 bits per heavy atom. The molecule has 2 rings (SSSR count). The summed E-state index contributed by atoms with van der Waals surface area (Å²) in [6.45, 7) is 0. The van der Waals surface area contributed by atoms with Gasteiger partial charge in [-0.2, -0.15) is 0 Å². The third kappa shape index (κ3) is 1.39. The van der Waals surface area contributed by atoms with Crippen molar-refractivity contribution in [2.24, 2.45) is 0 Å². The Bertz CT molecular complexity index is 380. The summed E-state index contributed by atoms with van der Waals surface area (Å²) in [6.07, 6.45) is 3.92. The van der Waals surface area contributed by atoms with E-state index >= 15 is 0 Å². The highest BCUT2D eigenvalue weighted by atomic mass is 19.1. The summed E-state index contributed by atoms with van der Waals surface area (Å²) in [5.41, 5.74) is 2.25. The van der Waals surface area contributed by atoms with Gasteiger partial charge in [0.05, 0.1) is 0 Å². The summed E-state index contributed by atoms with van der Waals surface area (Å²) in [7, 11) is 0. The van der Waals surface area contributed by atoms with Gasteiger partial charge in [-0.05, 0) is 36.1 Å². The average Bonchev–Trinajstić information content (AvgIpc) is 2.18. The zero-order chi connectivity index (χ0) is 9.26. The zero-order valence-electron chi connectivity index (χ0n) is 7.09. The molecule has 0 bridgehead atoms. The number of aryl methyl sites for hydroxylation is 1. The first-order valence-corrected chi connectivity index (χ1v) is 4.24. The molecular formula is C11H9FO. The lowest BCUT2D eigenvalue weighted by molar-refractivity contribution is -0.105. The van der Waals surface area contributed by atoms with Crippen LogP contribution in [0.3, 0.4) is 0 Å². The Hall–Kier alpha value is -1.44. The van der Waals surface area contributed by atoms with Crippen molar-refractivity contribution >= 4 is 12.4 Å². The lowest BCUT2D eigenvalue weighted by Gasteiger charge is -2.13. The third-order valence-corrected chi connectivity index (χ3v) is 2.31. The number of allylic oxidation sites excluding steroid dienone is 1. The summed E-state index contributed by atoms with van der Waals surface area (Å²) < 4.78 is 13.2. The summed E-state index contributed by atoms with van der Waals surface area (Å²) in [5.74, 6) is -0.239. The van der Waals surface area contributed by atoms with Gasteiger partial charge in [-0.1, -0.05) is 12.1 Å². The van der Waals surface area contributed by atoms with Crippen molar-refractivity contribution in [2.75, 3.05) is 0 Å². The number of halogens is 1. The van der Waals surface area contributed by atoms with E-state index in [-0.39, 0.29) is 5.82 Å². The van der Waals surface area contributed by atoms with E-state index in [1.807, 2.05) is 6.07 Å². The van der Waals surface area contributed by atoms with Crippen LogP contribution in [-0.2, 0) is 11.2 Å². The van der Waals surface area contributed by atoms with Gasteiger partial charge >= 0.3 is 0 Å². The van der Waals surface area contributed by atoms with Crippen molar-refractivity contribution in [1.29, 1.82) is 0 Å². The maximum atomic E-state index is 13.2. The lowest BCUT2D eigenvalue weighted by Crippen LogP contribution is -2.01. The van der Waals surface area contributed by atoms with Gasteiger partial charge in [-0.15, -0.1) is 0 Å². The van der Waals surface area contributed by atoms with Gasteiger partial charge in [-0.3, -0.25) is 4.79 Å². The zero-order valence-corrected chi connectivity index (χ0v) is 7.09. The number of aldehydes is 1. The molecule has 1 aromatic rings. The highest BCUT2D eigenvalue weighted by molar-refractivity contribution is 5.83. The average molecular weight is 176 g/mol. The van der Waals surface area contributed by atoms with E-state index in [0.29, 0.717) is 11.1 Å². The fourth-order valence-corrected chi connectivity index (χ4v) is 1.59. The van der Waals surface area contributed by atoms with Crippen LogP contribution in [0.1, 0.15) is 17.5 Å². The standard InChI is InChI=1S/C11H9FO/c12-11-3-1-2-9-5-4-8(7-13)6-10(9)11/h1-3,6-7H,4-5H2. The number of benzene rings is 1. The van der Waals surface area contributed by atoms with E-state index in [4.69, 9.17) is 0 Å². The molecule has 1 aromatic carbocycles. The molecule has 1 nitrogen and oxygen atoms in total. The molecule has 0 atom stereocenters. The number of fused-ring (bicyclic) bond motifs is 1. The molecular weight excluding hydrogens is 167 g/mol. The minimum atomic E-state index is -0.239. The second kappa shape index (κ2) is 3.13. The van der Waals surface area contributed by atoms with E-state index in [0.717, 1.165) is 24.7 Å². The Morgan fingerprint density at radius 2 is 2.15 bits per heavy atom. The smallest absolute Gasteiger partial charge is 0.146 e. The van der Waals surface area contributed by atoms with Gasteiger partial charge < -0.3 is 0 Å². The van der Waals surface area contributed by atoms with Crippen molar-refractivity contribution in [2.45, 2.75) is 12.8 Å². The summed E-state index contributed by atoms with van der Waals surface area (Å²) in [5, 5.41) is 0. The van der Waals surface area contributed by atoms with E-state index < -0.39 is 0 Å². The lowest BCUT2D eigenvalue weighted by atomic mass is 9.92. The molecule has 0 saturated carbocycles. The fraction of sp³-hybridized carbons (Fsp3) is 0.182. The van der Waals surface area contributed by atoms with Crippen molar-refractivity contribution in [3.05, 3.63) is 40.7 Å². The molecule has 0 spiro atoms. The Balaban J connectivity index is 2.55. The normalized spacial score (nSPS) is 14.7. The van der Waals surface area contributed by atoms with Crippen LogP contribution in [0.4, 0.5) is 4.39 Å². The summed E-state index contributed by atoms with van der Waals surface area (Å²) in [4.78, 5) is 10.5. The van der Waals surface area contributed by atoms with Gasteiger partial charge in [0, 0.05) is 5.56 Å². The van der Waals surface area contributed by atoms with Crippen LogP contribution in [-0.4, -0.2) is 6.29 Å². The minimum Gasteiger partial charge on any atom is -0.298 e. The van der Waals surface area contributed by atoms with Gasteiger partial charge in [0.2, 0.25) is 0 Å². The number of hydrogen-bond donors (Lipinski definition) is 0. The van der Waals surface area contributed by atoms with Crippen molar-refractivity contribution in [3.8, 4) is 0 Å². The molecule has 0 heterocycles. The SMILES string of the molecule is O=CC1=Cc2c(F)cccc2CC1. The first-order valence-electron chi connectivity index (χ1n) is 4.24. The monoisotopic (exact) mass is 176 g/mol. The fourth-order valence-electron chi connectivity index (χ4n) is 1.59. The van der Waals surface area contributed by atoms with Crippen molar-refractivity contribution in [1.82, 2.24) is 0 Å². The van der Waals surface area contributed by atoms with E-state index in [9.17, 15) is 9.18 Å². The molecule has 2 heteroatoms. The van der Waals surface area contributed by atoms with Crippen LogP contribution < -0.4 is 0 Å². The number of hydrogen-bond acceptors (Lipinski definition) is 1. The predicted octanol–water partition coefficient (Wildman–Crippen LogP) is 2.35. The van der Waals surface area contributed by atoms with Gasteiger partial charge in [0.25, 0.3) is 0 Å². The molecule has 0 radical (unpaired) electrons. The van der Waals surface area contributed by atoms with Gasteiger partial charge in [0.1, 0.15) is 12.1 Å². The minimum absolute atomic E-state index is 0.239. The third-order valence-electron chi connectivity index (χ3n) is 2.31. The van der Waals surface area contributed by atoms with Crippen molar-refractivity contribution < 1.29 is 9.18 Å². The maximum Gasteiger partial charge on any atom is 0.146 e. The largest absolute Gasteiger partial charge is 0.298 e. The molecule has 0 fully saturated rings. The van der Waals surface area contributed by atoms with E-state index in [1.54, 1.807) is 12.1 Å². The number of carbonyl (C=O) groups excluding carboxylic acids is 1. The summed E-state index contributed by atoms with van der Waals surface area (Å²) >= 11 is 0. The summed E-state index contributed by atoms with van der Waals surface area (Å²) in [6, 6.07) is 5.02. The second-order valence-corrected chi connectivity index (χ2v) is 3.15.